The number of rotatable bonds is 4. The van der Waals surface area contributed by atoms with Crippen molar-refractivity contribution >= 4 is 10.0 Å². The van der Waals surface area contributed by atoms with Crippen LogP contribution in [0.3, 0.4) is 0 Å². The Bertz CT molecular complexity index is 512. The van der Waals surface area contributed by atoms with Gasteiger partial charge in [-0.25, -0.2) is 8.42 Å². The summed E-state index contributed by atoms with van der Waals surface area (Å²) in [6.45, 7) is 5.94. The van der Waals surface area contributed by atoms with Crippen LogP contribution in [0.1, 0.15) is 19.4 Å². The molecule has 2 rings (SSSR count). The first-order chi connectivity index (χ1) is 8.92. The summed E-state index contributed by atoms with van der Waals surface area (Å²) in [5.74, 6) is 0.181. The fraction of sp³-hybridized carbons (Fsp3) is 0.571. The van der Waals surface area contributed by atoms with Gasteiger partial charge in [-0.3, -0.25) is 0 Å². The summed E-state index contributed by atoms with van der Waals surface area (Å²) in [4.78, 5) is 0. The average molecular weight is 282 g/mol. The fourth-order valence-corrected chi connectivity index (χ4v) is 4.38. The minimum absolute atomic E-state index is 0.181. The van der Waals surface area contributed by atoms with Gasteiger partial charge in [-0.2, -0.15) is 4.31 Å². The van der Waals surface area contributed by atoms with Gasteiger partial charge in [0.25, 0.3) is 0 Å². The molecule has 1 aromatic rings. The molecule has 1 heterocycles. The van der Waals surface area contributed by atoms with E-state index in [0.29, 0.717) is 19.5 Å². The molecule has 1 saturated heterocycles. The zero-order chi connectivity index (χ0) is 13.9. The lowest BCUT2D eigenvalue weighted by Gasteiger charge is -2.41. The molecule has 0 atom stereocenters. The number of piperazine rings is 1. The summed E-state index contributed by atoms with van der Waals surface area (Å²) in [5, 5.41) is 3.24. The van der Waals surface area contributed by atoms with E-state index < -0.39 is 10.0 Å². The Hall–Kier alpha value is -0.910. The SMILES string of the molecule is CC1(C)CNCCN1S(=O)(=O)CCc1ccccc1. The predicted octanol–water partition coefficient (Wildman–Crippen LogP) is 1.24. The van der Waals surface area contributed by atoms with Crippen LogP contribution in [-0.2, 0) is 16.4 Å². The Kier molecular flexibility index (Phi) is 4.28. The summed E-state index contributed by atoms with van der Waals surface area (Å²) in [7, 11) is -3.20. The minimum atomic E-state index is -3.20. The Balaban J connectivity index is 2.06. The molecule has 0 aromatic heterocycles. The quantitative estimate of drug-likeness (QED) is 0.904. The number of hydrogen-bond donors (Lipinski definition) is 1. The van der Waals surface area contributed by atoms with Crippen molar-refractivity contribution in [2.24, 2.45) is 0 Å². The second kappa shape index (κ2) is 5.61. The van der Waals surface area contributed by atoms with Crippen LogP contribution < -0.4 is 5.32 Å². The van der Waals surface area contributed by atoms with Crippen LogP contribution in [0.25, 0.3) is 0 Å². The van der Waals surface area contributed by atoms with Crippen molar-refractivity contribution in [1.29, 1.82) is 0 Å². The molecule has 1 N–H and O–H groups in total. The standard InChI is InChI=1S/C14H22N2O2S/c1-14(2)12-15-9-10-16(14)19(17,18)11-8-13-6-4-3-5-7-13/h3-7,15H,8-12H2,1-2H3. The van der Waals surface area contributed by atoms with Gasteiger partial charge in [0.2, 0.25) is 10.0 Å². The highest BCUT2D eigenvalue weighted by Crippen LogP contribution is 2.21. The average Bonchev–Trinajstić information content (AvgIpc) is 2.37. The van der Waals surface area contributed by atoms with E-state index >= 15 is 0 Å². The molecule has 0 amide bonds. The molecule has 5 heteroatoms. The van der Waals surface area contributed by atoms with Gasteiger partial charge < -0.3 is 5.32 Å². The second-order valence-corrected chi connectivity index (χ2v) is 7.63. The lowest BCUT2D eigenvalue weighted by molar-refractivity contribution is 0.186. The highest BCUT2D eigenvalue weighted by Gasteiger charge is 2.37. The van der Waals surface area contributed by atoms with Gasteiger partial charge in [0.15, 0.2) is 0 Å². The van der Waals surface area contributed by atoms with Crippen LogP contribution in [0.2, 0.25) is 0 Å². The van der Waals surface area contributed by atoms with E-state index in [1.54, 1.807) is 4.31 Å². The summed E-state index contributed by atoms with van der Waals surface area (Å²) in [5.41, 5.74) is 0.729. The molecule has 1 fully saturated rings. The summed E-state index contributed by atoms with van der Waals surface area (Å²) >= 11 is 0. The minimum Gasteiger partial charge on any atom is -0.314 e. The molecule has 1 aliphatic rings. The molecule has 106 valence electrons. The highest BCUT2D eigenvalue weighted by atomic mass is 32.2. The number of nitrogens with zero attached hydrogens (tertiary/aromatic N) is 1. The van der Waals surface area contributed by atoms with Crippen molar-refractivity contribution in [2.75, 3.05) is 25.4 Å². The molecule has 19 heavy (non-hydrogen) atoms. The number of sulfonamides is 1. The van der Waals surface area contributed by atoms with Crippen molar-refractivity contribution < 1.29 is 8.42 Å². The molecule has 0 saturated carbocycles. The number of hydrogen-bond acceptors (Lipinski definition) is 3. The molecule has 0 aliphatic carbocycles. The van der Waals surface area contributed by atoms with E-state index in [2.05, 4.69) is 5.32 Å². The molecule has 1 aromatic carbocycles. The van der Waals surface area contributed by atoms with E-state index in [-0.39, 0.29) is 11.3 Å². The van der Waals surface area contributed by atoms with Crippen LogP contribution in [0.15, 0.2) is 30.3 Å². The van der Waals surface area contributed by atoms with Crippen molar-refractivity contribution in [2.45, 2.75) is 25.8 Å². The first kappa shape index (κ1) is 14.5. The van der Waals surface area contributed by atoms with Gasteiger partial charge in [-0.15, -0.1) is 0 Å². The van der Waals surface area contributed by atoms with Gasteiger partial charge in [0.1, 0.15) is 0 Å². The van der Waals surface area contributed by atoms with Gasteiger partial charge in [-0.05, 0) is 25.8 Å². The van der Waals surface area contributed by atoms with Crippen LogP contribution in [-0.4, -0.2) is 43.6 Å². The maximum absolute atomic E-state index is 12.5. The topological polar surface area (TPSA) is 49.4 Å². The summed E-state index contributed by atoms with van der Waals surface area (Å²) in [6, 6.07) is 9.77. The Labute approximate surface area is 115 Å². The molecule has 0 bridgehead atoms. The summed E-state index contributed by atoms with van der Waals surface area (Å²) < 4.78 is 26.6. The van der Waals surface area contributed by atoms with Gasteiger partial charge >= 0.3 is 0 Å². The molecule has 0 radical (unpaired) electrons. The molecule has 0 unspecified atom stereocenters. The van der Waals surface area contributed by atoms with Crippen LogP contribution >= 0.6 is 0 Å². The van der Waals surface area contributed by atoms with Crippen molar-refractivity contribution in [3.63, 3.8) is 0 Å². The number of aryl methyl sites for hydroxylation is 1. The fourth-order valence-electron chi connectivity index (χ4n) is 2.48. The van der Waals surface area contributed by atoms with Gasteiger partial charge in [0, 0.05) is 25.2 Å². The van der Waals surface area contributed by atoms with Gasteiger partial charge in [-0.1, -0.05) is 30.3 Å². The Morgan fingerprint density at radius 2 is 1.95 bits per heavy atom. The lowest BCUT2D eigenvalue weighted by Crippen LogP contribution is -2.60. The first-order valence-corrected chi connectivity index (χ1v) is 8.28. The smallest absolute Gasteiger partial charge is 0.215 e. The monoisotopic (exact) mass is 282 g/mol. The molecular weight excluding hydrogens is 260 g/mol. The maximum Gasteiger partial charge on any atom is 0.215 e. The predicted molar refractivity (Wildman–Crippen MR) is 77.6 cm³/mol. The largest absolute Gasteiger partial charge is 0.314 e. The van der Waals surface area contributed by atoms with E-state index in [1.807, 2.05) is 44.2 Å². The maximum atomic E-state index is 12.5. The van der Waals surface area contributed by atoms with Crippen LogP contribution in [0, 0.1) is 0 Å². The Morgan fingerprint density at radius 3 is 2.58 bits per heavy atom. The molecule has 0 spiro atoms. The van der Waals surface area contributed by atoms with E-state index in [4.69, 9.17) is 0 Å². The third-order valence-electron chi connectivity index (χ3n) is 3.55. The van der Waals surface area contributed by atoms with Crippen LogP contribution in [0.4, 0.5) is 0 Å². The molecular formula is C14H22N2O2S. The third kappa shape index (κ3) is 3.55. The molecule has 4 nitrogen and oxygen atoms in total. The Morgan fingerprint density at radius 1 is 1.26 bits per heavy atom. The first-order valence-electron chi connectivity index (χ1n) is 6.67. The summed E-state index contributed by atoms with van der Waals surface area (Å²) in [6.07, 6.45) is 0.573. The van der Waals surface area contributed by atoms with Crippen LogP contribution in [0.5, 0.6) is 0 Å². The zero-order valence-electron chi connectivity index (χ0n) is 11.6. The van der Waals surface area contributed by atoms with E-state index in [0.717, 1.165) is 12.1 Å². The van der Waals surface area contributed by atoms with Crippen molar-refractivity contribution in [1.82, 2.24) is 9.62 Å². The van der Waals surface area contributed by atoms with E-state index in [1.165, 1.54) is 0 Å². The zero-order valence-corrected chi connectivity index (χ0v) is 12.4. The van der Waals surface area contributed by atoms with Crippen molar-refractivity contribution in [3.8, 4) is 0 Å². The van der Waals surface area contributed by atoms with E-state index in [9.17, 15) is 8.42 Å². The normalized spacial score (nSPS) is 20.3. The number of nitrogens with one attached hydrogen (secondary N) is 1. The van der Waals surface area contributed by atoms with Gasteiger partial charge in [0.05, 0.1) is 5.75 Å². The number of benzene rings is 1. The van der Waals surface area contributed by atoms with Crippen molar-refractivity contribution in [3.05, 3.63) is 35.9 Å². The lowest BCUT2D eigenvalue weighted by atomic mass is 10.0. The molecule has 1 aliphatic heterocycles. The second-order valence-electron chi connectivity index (χ2n) is 5.61. The third-order valence-corrected chi connectivity index (χ3v) is 5.62. The highest BCUT2D eigenvalue weighted by molar-refractivity contribution is 7.89.